The zero-order valence-corrected chi connectivity index (χ0v) is 16.5. The van der Waals surface area contributed by atoms with Crippen molar-refractivity contribution >= 4 is 23.2 Å². The van der Waals surface area contributed by atoms with Crippen LogP contribution in [0.25, 0.3) is 0 Å². The summed E-state index contributed by atoms with van der Waals surface area (Å²) in [7, 11) is 0. The van der Waals surface area contributed by atoms with E-state index >= 15 is 0 Å². The minimum absolute atomic E-state index is 0.0927. The predicted molar refractivity (Wildman–Crippen MR) is 114 cm³/mol. The summed E-state index contributed by atoms with van der Waals surface area (Å²) in [4.78, 5) is 27.7. The van der Waals surface area contributed by atoms with Crippen LogP contribution in [-0.4, -0.2) is 44.2 Å². The molecule has 2 aromatic rings. The summed E-state index contributed by atoms with van der Waals surface area (Å²) >= 11 is 0. The molecule has 0 bridgehead atoms. The molecule has 1 atom stereocenters. The van der Waals surface area contributed by atoms with Gasteiger partial charge in [0.05, 0.1) is 11.7 Å². The van der Waals surface area contributed by atoms with Crippen molar-refractivity contribution in [3.8, 4) is 0 Å². The van der Waals surface area contributed by atoms with Gasteiger partial charge >= 0.3 is 0 Å². The number of carbonyl (C=O) groups is 2. The van der Waals surface area contributed by atoms with Gasteiger partial charge in [-0.2, -0.15) is 0 Å². The smallest absolute Gasteiger partial charge is 0.255 e. The summed E-state index contributed by atoms with van der Waals surface area (Å²) in [5.74, 6) is -0.316. The lowest BCUT2D eigenvalue weighted by Gasteiger charge is -2.22. The third-order valence-corrected chi connectivity index (χ3v) is 5.50. The van der Waals surface area contributed by atoms with Gasteiger partial charge in [0.25, 0.3) is 11.8 Å². The minimum atomic E-state index is -0.190. The number of amides is 2. The molecular weight excluding hydrogens is 366 g/mol. The van der Waals surface area contributed by atoms with Gasteiger partial charge in [-0.25, -0.2) is 0 Å². The molecule has 6 nitrogen and oxygen atoms in total. The summed E-state index contributed by atoms with van der Waals surface area (Å²) in [5.41, 5.74) is 2.71. The third-order valence-electron chi connectivity index (χ3n) is 5.50. The normalized spacial score (nSPS) is 18.6. The Kier molecular flexibility index (Phi) is 6.10. The molecule has 0 aliphatic carbocycles. The molecule has 2 aromatic carbocycles. The average Bonchev–Trinajstić information content (AvgIpc) is 3.47. The summed E-state index contributed by atoms with van der Waals surface area (Å²) in [6.07, 6.45) is 4.37. The molecule has 29 heavy (non-hydrogen) atoms. The molecule has 2 amide bonds. The lowest BCUT2D eigenvalue weighted by Crippen LogP contribution is -2.33. The fourth-order valence-corrected chi connectivity index (χ4v) is 3.93. The first-order valence-electron chi connectivity index (χ1n) is 10.4. The van der Waals surface area contributed by atoms with Crippen LogP contribution < -0.4 is 15.5 Å². The highest BCUT2D eigenvalue weighted by atomic mass is 16.5. The third kappa shape index (κ3) is 4.77. The molecule has 2 heterocycles. The van der Waals surface area contributed by atoms with Crippen molar-refractivity contribution in [2.75, 3.05) is 36.5 Å². The first-order chi connectivity index (χ1) is 14.2. The fourth-order valence-electron chi connectivity index (χ4n) is 3.93. The highest BCUT2D eigenvalue weighted by Gasteiger charge is 2.22. The van der Waals surface area contributed by atoms with Crippen LogP contribution in [0.15, 0.2) is 48.5 Å². The van der Waals surface area contributed by atoms with E-state index in [1.807, 2.05) is 30.3 Å². The number of hydrogen-bond acceptors (Lipinski definition) is 4. The van der Waals surface area contributed by atoms with Crippen molar-refractivity contribution in [1.29, 1.82) is 0 Å². The highest BCUT2D eigenvalue weighted by molar-refractivity contribution is 6.06. The largest absolute Gasteiger partial charge is 0.376 e. The van der Waals surface area contributed by atoms with Gasteiger partial charge in [0, 0.05) is 43.2 Å². The molecular formula is C23H27N3O3. The number of anilines is 2. The van der Waals surface area contributed by atoms with E-state index in [1.54, 1.807) is 18.2 Å². The summed E-state index contributed by atoms with van der Waals surface area (Å²) in [6.45, 7) is 3.17. The van der Waals surface area contributed by atoms with Crippen molar-refractivity contribution in [2.24, 2.45) is 0 Å². The van der Waals surface area contributed by atoms with E-state index in [1.165, 1.54) is 0 Å². The Hall–Kier alpha value is -2.86. The summed E-state index contributed by atoms with van der Waals surface area (Å²) in [6, 6.07) is 14.6. The molecule has 4 rings (SSSR count). The van der Waals surface area contributed by atoms with Crippen LogP contribution >= 0.6 is 0 Å². The van der Waals surface area contributed by atoms with E-state index in [9.17, 15) is 9.59 Å². The number of ether oxygens (including phenoxy) is 1. The van der Waals surface area contributed by atoms with Crippen molar-refractivity contribution in [3.05, 3.63) is 59.7 Å². The SMILES string of the molecule is O=C(Nc1ccc(N2CCCC2)c(C(=O)NCC2CCCO2)c1)c1ccccc1. The van der Waals surface area contributed by atoms with Gasteiger partial charge in [-0.15, -0.1) is 0 Å². The maximum Gasteiger partial charge on any atom is 0.255 e. The first-order valence-corrected chi connectivity index (χ1v) is 10.4. The minimum Gasteiger partial charge on any atom is -0.376 e. The van der Waals surface area contributed by atoms with Crippen molar-refractivity contribution in [3.63, 3.8) is 0 Å². The zero-order chi connectivity index (χ0) is 20.1. The number of nitrogens with one attached hydrogen (secondary N) is 2. The molecule has 2 fully saturated rings. The van der Waals surface area contributed by atoms with E-state index in [0.29, 0.717) is 23.4 Å². The molecule has 2 aliphatic rings. The Morgan fingerprint density at radius 3 is 2.52 bits per heavy atom. The zero-order valence-electron chi connectivity index (χ0n) is 16.5. The topological polar surface area (TPSA) is 70.7 Å². The molecule has 6 heteroatoms. The second-order valence-electron chi connectivity index (χ2n) is 7.59. The molecule has 0 saturated carbocycles. The van der Waals surface area contributed by atoms with E-state index in [4.69, 9.17) is 4.74 Å². The Morgan fingerprint density at radius 2 is 1.79 bits per heavy atom. The van der Waals surface area contributed by atoms with Crippen LogP contribution in [0, 0.1) is 0 Å². The molecule has 1 unspecified atom stereocenters. The van der Waals surface area contributed by atoms with Crippen LogP contribution in [0.5, 0.6) is 0 Å². The molecule has 0 spiro atoms. The average molecular weight is 393 g/mol. The Labute approximate surface area is 171 Å². The second-order valence-corrected chi connectivity index (χ2v) is 7.59. The Morgan fingerprint density at radius 1 is 1.00 bits per heavy atom. The highest BCUT2D eigenvalue weighted by Crippen LogP contribution is 2.28. The number of nitrogens with zero attached hydrogens (tertiary/aromatic N) is 1. The molecule has 0 aromatic heterocycles. The molecule has 152 valence electrons. The lowest BCUT2D eigenvalue weighted by molar-refractivity contribution is 0.0858. The van der Waals surface area contributed by atoms with Crippen LogP contribution in [0.3, 0.4) is 0 Å². The maximum atomic E-state index is 13.0. The fraction of sp³-hybridized carbons (Fsp3) is 0.391. The molecule has 0 radical (unpaired) electrons. The molecule has 2 saturated heterocycles. The van der Waals surface area contributed by atoms with E-state index in [0.717, 1.165) is 51.1 Å². The van der Waals surface area contributed by atoms with Crippen molar-refractivity contribution < 1.29 is 14.3 Å². The second kappa shape index (κ2) is 9.09. The quantitative estimate of drug-likeness (QED) is 0.789. The van der Waals surface area contributed by atoms with Crippen molar-refractivity contribution in [2.45, 2.75) is 31.8 Å². The number of rotatable bonds is 6. The van der Waals surface area contributed by atoms with E-state index < -0.39 is 0 Å². The maximum absolute atomic E-state index is 13.0. The van der Waals surface area contributed by atoms with Crippen LogP contribution in [0.2, 0.25) is 0 Å². The number of benzene rings is 2. The molecule has 2 aliphatic heterocycles. The summed E-state index contributed by atoms with van der Waals surface area (Å²) < 4.78 is 5.61. The van der Waals surface area contributed by atoms with Gasteiger partial charge in [-0.1, -0.05) is 18.2 Å². The van der Waals surface area contributed by atoms with Crippen LogP contribution in [0.4, 0.5) is 11.4 Å². The number of carbonyl (C=O) groups excluding carboxylic acids is 2. The van der Waals surface area contributed by atoms with E-state index in [2.05, 4.69) is 15.5 Å². The number of hydrogen-bond donors (Lipinski definition) is 2. The standard InChI is InChI=1S/C23H27N3O3/c27-22(17-7-2-1-3-8-17)25-18-10-11-21(26-12-4-5-13-26)20(15-18)23(28)24-16-19-9-6-14-29-19/h1-3,7-8,10-11,15,19H,4-6,9,12-14,16H2,(H,24,28)(H,25,27). The first kappa shape index (κ1) is 19.5. The van der Waals surface area contributed by atoms with Crippen LogP contribution in [-0.2, 0) is 4.74 Å². The van der Waals surface area contributed by atoms with Gasteiger partial charge in [0.2, 0.25) is 0 Å². The summed E-state index contributed by atoms with van der Waals surface area (Å²) in [5, 5.41) is 5.92. The molecule has 2 N–H and O–H groups in total. The van der Waals surface area contributed by atoms with Gasteiger partial charge in [-0.3, -0.25) is 9.59 Å². The van der Waals surface area contributed by atoms with Crippen molar-refractivity contribution in [1.82, 2.24) is 5.32 Å². The predicted octanol–water partition coefficient (Wildman–Crippen LogP) is 3.45. The Bertz CT molecular complexity index is 857. The van der Waals surface area contributed by atoms with Gasteiger partial charge in [-0.05, 0) is 56.0 Å². The van der Waals surface area contributed by atoms with Crippen LogP contribution in [0.1, 0.15) is 46.4 Å². The van der Waals surface area contributed by atoms with Gasteiger partial charge in [0.15, 0.2) is 0 Å². The van der Waals surface area contributed by atoms with Gasteiger partial charge < -0.3 is 20.3 Å². The lowest BCUT2D eigenvalue weighted by atomic mass is 10.1. The Balaban J connectivity index is 1.53. The van der Waals surface area contributed by atoms with E-state index in [-0.39, 0.29) is 17.9 Å². The van der Waals surface area contributed by atoms with Gasteiger partial charge in [0.1, 0.15) is 0 Å². The monoisotopic (exact) mass is 393 g/mol.